The molecule has 0 aliphatic heterocycles. The Labute approximate surface area is 96.6 Å². The summed E-state index contributed by atoms with van der Waals surface area (Å²) in [5.74, 6) is 0.0148. The third-order valence-electron chi connectivity index (χ3n) is 2.27. The van der Waals surface area contributed by atoms with E-state index >= 15 is 0 Å². The Hall–Kier alpha value is -0.880. The van der Waals surface area contributed by atoms with Crippen LogP contribution in [0, 0.1) is 6.92 Å². The van der Waals surface area contributed by atoms with Crippen molar-refractivity contribution in [1.82, 2.24) is 9.78 Å². The molecule has 1 aromatic rings. The van der Waals surface area contributed by atoms with Crippen LogP contribution in [-0.4, -0.2) is 36.2 Å². The summed E-state index contributed by atoms with van der Waals surface area (Å²) in [5.41, 5.74) is 7.73. The number of hydrogen-bond donors (Lipinski definition) is 1. The summed E-state index contributed by atoms with van der Waals surface area (Å²) in [5, 5.41) is 4.29. The first-order chi connectivity index (χ1) is 7.31. The second-order valence-corrected chi connectivity index (χ2v) is 6.33. The van der Waals surface area contributed by atoms with E-state index in [1.807, 2.05) is 24.6 Å². The van der Waals surface area contributed by atoms with Crippen LogP contribution in [0.15, 0.2) is 6.07 Å². The molecule has 1 aromatic heterocycles. The van der Waals surface area contributed by atoms with Gasteiger partial charge in [0.15, 0.2) is 0 Å². The van der Waals surface area contributed by atoms with Gasteiger partial charge in [-0.15, -0.1) is 0 Å². The first-order valence-corrected chi connectivity index (χ1v) is 7.34. The van der Waals surface area contributed by atoms with Gasteiger partial charge in [0, 0.05) is 31.0 Å². The molecule has 0 amide bonds. The average Bonchev–Trinajstić information content (AvgIpc) is 2.42. The zero-order valence-corrected chi connectivity index (χ0v) is 10.8. The Balaban J connectivity index is 2.72. The van der Waals surface area contributed by atoms with Crippen LogP contribution < -0.4 is 5.73 Å². The highest BCUT2D eigenvalue weighted by Crippen LogP contribution is 2.07. The molecule has 0 aliphatic rings. The second-order valence-electron chi connectivity index (χ2n) is 4.15. The van der Waals surface area contributed by atoms with Crippen molar-refractivity contribution in [3.63, 3.8) is 0 Å². The molecule has 92 valence electrons. The van der Waals surface area contributed by atoms with E-state index in [1.54, 1.807) is 0 Å². The molecule has 1 atom stereocenters. The van der Waals surface area contributed by atoms with Gasteiger partial charge >= 0.3 is 0 Å². The molecular formula is C10H19N3O2S. The summed E-state index contributed by atoms with van der Waals surface area (Å²) in [6.45, 7) is 4.69. The summed E-state index contributed by atoms with van der Waals surface area (Å²) in [7, 11) is -3.01. The van der Waals surface area contributed by atoms with Gasteiger partial charge in [-0.1, -0.05) is 0 Å². The highest BCUT2D eigenvalue weighted by atomic mass is 32.2. The van der Waals surface area contributed by atoms with Crippen LogP contribution in [0.25, 0.3) is 0 Å². The summed E-state index contributed by atoms with van der Waals surface area (Å²) >= 11 is 0. The SMILES string of the molecule is CCn1nc(C)cc1CC(N)CS(C)(=O)=O. The van der Waals surface area contributed by atoms with Gasteiger partial charge in [-0.05, 0) is 19.9 Å². The van der Waals surface area contributed by atoms with Gasteiger partial charge in [0.25, 0.3) is 0 Å². The Bertz CT molecular complexity index is 451. The summed E-state index contributed by atoms with van der Waals surface area (Å²) in [6, 6.07) is 1.59. The molecule has 1 rings (SSSR count). The monoisotopic (exact) mass is 245 g/mol. The molecule has 0 saturated carbocycles. The number of aryl methyl sites for hydroxylation is 2. The predicted molar refractivity (Wildman–Crippen MR) is 64.0 cm³/mol. The largest absolute Gasteiger partial charge is 0.326 e. The lowest BCUT2D eigenvalue weighted by Gasteiger charge is -2.11. The van der Waals surface area contributed by atoms with Crippen LogP contribution in [0.3, 0.4) is 0 Å². The Morgan fingerprint density at radius 2 is 2.19 bits per heavy atom. The van der Waals surface area contributed by atoms with Gasteiger partial charge in [-0.2, -0.15) is 5.10 Å². The van der Waals surface area contributed by atoms with E-state index in [0.717, 1.165) is 17.9 Å². The van der Waals surface area contributed by atoms with Crippen molar-refractivity contribution < 1.29 is 8.42 Å². The Morgan fingerprint density at radius 3 is 2.69 bits per heavy atom. The second kappa shape index (κ2) is 4.97. The van der Waals surface area contributed by atoms with E-state index < -0.39 is 9.84 Å². The summed E-state index contributed by atoms with van der Waals surface area (Å²) in [6.07, 6.45) is 1.75. The number of hydrogen-bond acceptors (Lipinski definition) is 4. The minimum Gasteiger partial charge on any atom is -0.326 e. The third kappa shape index (κ3) is 3.94. The van der Waals surface area contributed by atoms with Crippen molar-refractivity contribution in [2.45, 2.75) is 32.9 Å². The van der Waals surface area contributed by atoms with Crippen LogP contribution in [0.2, 0.25) is 0 Å². The molecular weight excluding hydrogens is 226 g/mol. The van der Waals surface area contributed by atoms with Crippen molar-refractivity contribution >= 4 is 9.84 Å². The predicted octanol–water partition coefficient (Wildman–Crippen LogP) is 0.126. The van der Waals surface area contributed by atoms with E-state index in [1.165, 1.54) is 6.26 Å². The molecule has 0 fully saturated rings. The number of sulfone groups is 1. The van der Waals surface area contributed by atoms with Crippen molar-refractivity contribution in [3.8, 4) is 0 Å². The van der Waals surface area contributed by atoms with Crippen LogP contribution >= 0.6 is 0 Å². The standard InChI is InChI=1S/C10H19N3O2S/c1-4-13-10(5-8(2)12-13)6-9(11)7-16(3,14)15/h5,9H,4,6-7,11H2,1-3H3. The zero-order valence-electron chi connectivity index (χ0n) is 9.97. The molecule has 0 spiro atoms. The minimum atomic E-state index is -3.01. The van der Waals surface area contributed by atoms with Gasteiger partial charge in [0.2, 0.25) is 0 Å². The maximum Gasteiger partial charge on any atom is 0.148 e. The maximum atomic E-state index is 11.1. The van der Waals surface area contributed by atoms with Crippen LogP contribution in [0.4, 0.5) is 0 Å². The number of rotatable bonds is 5. The Kier molecular flexibility index (Phi) is 4.09. The van der Waals surface area contributed by atoms with Gasteiger partial charge in [-0.3, -0.25) is 4.68 Å². The molecule has 0 aromatic carbocycles. The molecule has 5 nitrogen and oxygen atoms in total. The van der Waals surface area contributed by atoms with Crippen molar-refractivity contribution in [3.05, 3.63) is 17.5 Å². The fourth-order valence-corrected chi connectivity index (χ4v) is 2.65. The molecule has 1 unspecified atom stereocenters. The van der Waals surface area contributed by atoms with Crippen molar-refractivity contribution in [2.75, 3.05) is 12.0 Å². The van der Waals surface area contributed by atoms with Gasteiger partial charge in [0.05, 0.1) is 11.4 Å². The minimum absolute atomic E-state index is 0.0148. The topological polar surface area (TPSA) is 78.0 Å². The van der Waals surface area contributed by atoms with Gasteiger partial charge < -0.3 is 5.73 Å². The fraction of sp³-hybridized carbons (Fsp3) is 0.700. The molecule has 0 bridgehead atoms. The van der Waals surface area contributed by atoms with Gasteiger partial charge in [-0.25, -0.2) is 8.42 Å². The summed E-state index contributed by atoms with van der Waals surface area (Å²) in [4.78, 5) is 0. The molecule has 0 saturated heterocycles. The fourth-order valence-electron chi connectivity index (χ4n) is 1.75. The van der Waals surface area contributed by atoms with E-state index in [0.29, 0.717) is 6.42 Å². The van der Waals surface area contributed by atoms with E-state index in [2.05, 4.69) is 5.10 Å². The quantitative estimate of drug-likeness (QED) is 0.799. The Morgan fingerprint density at radius 1 is 1.56 bits per heavy atom. The van der Waals surface area contributed by atoms with Crippen molar-refractivity contribution in [1.29, 1.82) is 0 Å². The molecule has 1 heterocycles. The molecule has 16 heavy (non-hydrogen) atoms. The molecule has 6 heteroatoms. The smallest absolute Gasteiger partial charge is 0.148 e. The average molecular weight is 245 g/mol. The molecule has 2 N–H and O–H groups in total. The van der Waals surface area contributed by atoms with Crippen LogP contribution in [-0.2, 0) is 22.8 Å². The molecule has 0 radical (unpaired) electrons. The number of nitrogens with two attached hydrogens (primary N) is 1. The molecule has 0 aliphatic carbocycles. The highest BCUT2D eigenvalue weighted by Gasteiger charge is 2.14. The highest BCUT2D eigenvalue weighted by molar-refractivity contribution is 7.90. The maximum absolute atomic E-state index is 11.1. The normalized spacial score (nSPS) is 14.0. The van der Waals surface area contributed by atoms with Crippen LogP contribution in [0.1, 0.15) is 18.3 Å². The third-order valence-corrected chi connectivity index (χ3v) is 3.31. The van der Waals surface area contributed by atoms with E-state index in [-0.39, 0.29) is 11.8 Å². The lowest BCUT2D eigenvalue weighted by atomic mass is 10.2. The number of aromatic nitrogens is 2. The zero-order chi connectivity index (χ0) is 12.3. The van der Waals surface area contributed by atoms with Crippen molar-refractivity contribution in [2.24, 2.45) is 5.73 Å². The van der Waals surface area contributed by atoms with Crippen LogP contribution in [0.5, 0.6) is 0 Å². The number of nitrogens with zero attached hydrogens (tertiary/aromatic N) is 2. The lowest BCUT2D eigenvalue weighted by molar-refractivity contribution is 0.574. The van der Waals surface area contributed by atoms with E-state index in [4.69, 9.17) is 5.73 Å². The van der Waals surface area contributed by atoms with E-state index in [9.17, 15) is 8.42 Å². The lowest BCUT2D eigenvalue weighted by Crippen LogP contribution is -2.32. The summed E-state index contributed by atoms with van der Waals surface area (Å²) < 4.78 is 24.0. The first-order valence-electron chi connectivity index (χ1n) is 5.28. The van der Waals surface area contributed by atoms with Gasteiger partial charge in [0.1, 0.15) is 9.84 Å². The first kappa shape index (κ1) is 13.2.